The van der Waals surface area contributed by atoms with Crippen molar-refractivity contribution in [2.75, 3.05) is 13.7 Å². The van der Waals surface area contributed by atoms with E-state index in [1.165, 1.54) is 42.5 Å². The molecule has 1 heterocycles. The number of carbonyl (C=O) groups is 5. The first-order chi connectivity index (χ1) is 23.2. The number of alkyl halides is 3. The predicted octanol–water partition coefficient (Wildman–Crippen LogP) is 3.32. The molecule has 0 saturated heterocycles. The molecule has 0 radical (unpaired) electrons. The normalized spacial score (nSPS) is 19.2. The van der Waals surface area contributed by atoms with Gasteiger partial charge in [0.1, 0.15) is 23.9 Å². The Morgan fingerprint density at radius 1 is 1.00 bits per heavy atom. The van der Waals surface area contributed by atoms with Crippen molar-refractivity contribution in [2.24, 2.45) is 5.92 Å². The number of benzene rings is 2. The van der Waals surface area contributed by atoms with Crippen LogP contribution in [-0.4, -0.2) is 67.5 Å². The molecule has 2 aromatic rings. The SMILES string of the molecule is COC(=O)[C@@H](NC(=O)N[C@@H](Cc1cccc(C(F)(F)F)c1)C(=O)N[C@H]1CCCCNC(=O)/C=C/[C@H](Cc2cccc(F)c2)NC1=O)C(C)C. The predicted molar refractivity (Wildman–Crippen MR) is 171 cm³/mol. The molecule has 4 atom stereocenters. The number of hydrogen-bond donors (Lipinski definition) is 5. The van der Waals surface area contributed by atoms with Crippen LogP contribution in [0.1, 0.15) is 49.8 Å². The van der Waals surface area contributed by atoms with Gasteiger partial charge in [0.05, 0.1) is 18.7 Å². The Morgan fingerprint density at radius 2 is 1.71 bits per heavy atom. The fraction of sp³-hybridized carbons (Fsp3) is 0.441. The van der Waals surface area contributed by atoms with Gasteiger partial charge in [-0.05, 0) is 60.9 Å². The highest BCUT2D eigenvalue weighted by molar-refractivity contribution is 5.93. The maximum Gasteiger partial charge on any atom is 0.416 e. The number of halogens is 4. The van der Waals surface area contributed by atoms with E-state index in [0.29, 0.717) is 18.4 Å². The summed E-state index contributed by atoms with van der Waals surface area (Å²) in [6.45, 7) is 3.59. The summed E-state index contributed by atoms with van der Waals surface area (Å²) in [6.07, 6.45) is -1.26. The van der Waals surface area contributed by atoms with Crippen LogP contribution in [-0.2, 0) is 42.9 Å². The Kier molecular flexibility index (Phi) is 14.1. The van der Waals surface area contributed by atoms with Crippen molar-refractivity contribution in [1.82, 2.24) is 26.6 Å². The van der Waals surface area contributed by atoms with Gasteiger partial charge in [-0.2, -0.15) is 13.2 Å². The summed E-state index contributed by atoms with van der Waals surface area (Å²) in [5.74, 6) is -3.52. The first kappa shape index (κ1) is 38.5. The molecule has 0 unspecified atom stereocenters. The number of esters is 1. The van der Waals surface area contributed by atoms with E-state index >= 15 is 0 Å². The van der Waals surface area contributed by atoms with Crippen LogP contribution in [0.3, 0.4) is 0 Å². The lowest BCUT2D eigenvalue weighted by Crippen LogP contribution is -2.58. The number of methoxy groups -OCH3 is 1. The van der Waals surface area contributed by atoms with Crippen molar-refractivity contribution in [3.63, 3.8) is 0 Å². The molecular weight excluding hydrogens is 650 g/mol. The molecule has 5 N–H and O–H groups in total. The van der Waals surface area contributed by atoms with Crippen molar-refractivity contribution in [2.45, 2.75) is 76.3 Å². The number of carbonyl (C=O) groups excluding carboxylic acids is 5. The van der Waals surface area contributed by atoms with Crippen LogP contribution in [0.5, 0.6) is 0 Å². The van der Waals surface area contributed by atoms with Gasteiger partial charge in [-0.15, -0.1) is 0 Å². The van der Waals surface area contributed by atoms with Crippen molar-refractivity contribution in [3.05, 3.63) is 83.2 Å². The zero-order valence-electron chi connectivity index (χ0n) is 27.4. The third-order valence-electron chi connectivity index (χ3n) is 7.73. The smallest absolute Gasteiger partial charge is 0.416 e. The molecule has 0 bridgehead atoms. The summed E-state index contributed by atoms with van der Waals surface area (Å²) in [4.78, 5) is 64.9. The first-order valence-electron chi connectivity index (χ1n) is 15.8. The number of amides is 5. The van der Waals surface area contributed by atoms with Crippen LogP contribution in [0.4, 0.5) is 22.4 Å². The van der Waals surface area contributed by atoms with Gasteiger partial charge in [0.15, 0.2) is 0 Å². The molecule has 5 amide bonds. The number of ether oxygens (including phenoxy) is 1. The third kappa shape index (κ3) is 12.5. The molecule has 3 rings (SSSR count). The van der Waals surface area contributed by atoms with Crippen molar-refractivity contribution in [1.29, 1.82) is 0 Å². The van der Waals surface area contributed by atoms with Gasteiger partial charge >= 0.3 is 18.2 Å². The molecule has 1 aliphatic heterocycles. The summed E-state index contributed by atoms with van der Waals surface area (Å²) in [6, 6.07) is 4.49. The van der Waals surface area contributed by atoms with Crippen LogP contribution in [0.15, 0.2) is 60.7 Å². The maximum absolute atomic E-state index is 13.9. The average Bonchev–Trinajstić information content (AvgIpc) is 3.03. The quantitative estimate of drug-likeness (QED) is 0.190. The van der Waals surface area contributed by atoms with E-state index in [-0.39, 0.29) is 37.3 Å². The second-order valence-electron chi connectivity index (χ2n) is 12.0. The fourth-order valence-corrected chi connectivity index (χ4v) is 5.14. The lowest BCUT2D eigenvalue weighted by atomic mass is 10.0. The zero-order chi connectivity index (χ0) is 36.1. The Balaban J connectivity index is 1.88. The van der Waals surface area contributed by atoms with Crippen molar-refractivity contribution < 1.29 is 46.3 Å². The molecule has 0 spiro atoms. The van der Waals surface area contributed by atoms with Crippen LogP contribution >= 0.6 is 0 Å². The van der Waals surface area contributed by atoms with Crippen LogP contribution in [0.25, 0.3) is 0 Å². The fourth-order valence-electron chi connectivity index (χ4n) is 5.14. The van der Waals surface area contributed by atoms with Crippen LogP contribution in [0.2, 0.25) is 0 Å². The monoisotopic (exact) mass is 691 g/mol. The largest absolute Gasteiger partial charge is 0.467 e. The maximum atomic E-state index is 13.9. The number of nitrogens with one attached hydrogen (secondary N) is 5. The minimum absolute atomic E-state index is 0.0721. The Morgan fingerprint density at radius 3 is 2.39 bits per heavy atom. The minimum Gasteiger partial charge on any atom is -0.467 e. The summed E-state index contributed by atoms with van der Waals surface area (Å²) in [7, 11) is 1.14. The Hall–Kier alpha value is -4.95. The van der Waals surface area contributed by atoms with Gasteiger partial charge in [-0.3, -0.25) is 14.4 Å². The molecule has 0 aromatic heterocycles. The highest BCUT2D eigenvalue weighted by Gasteiger charge is 2.33. The standard InChI is InChI=1S/C34H41F4N5O6/c1-20(2)29(32(47)49-3)43-33(48)42-27(19-21-8-6-10-23(16-21)34(36,37)38)31(46)41-26-12-4-5-15-39-28(44)14-13-25(40-30(26)45)18-22-9-7-11-24(35)17-22/h6-11,13-14,16-17,20,25-27,29H,4-5,12,15,18-19H2,1-3H3,(H,39,44)(H,40,45)(H,41,46)(H2,42,43,48)/b14-13+/t25-,26+,27+,29+/m1/s1. The number of rotatable bonds is 10. The molecule has 15 heteroatoms. The van der Waals surface area contributed by atoms with Gasteiger partial charge in [-0.1, -0.05) is 50.3 Å². The summed E-state index contributed by atoms with van der Waals surface area (Å²) in [5, 5.41) is 13.0. The molecule has 2 aromatic carbocycles. The molecule has 0 fully saturated rings. The van der Waals surface area contributed by atoms with E-state index in [2.05, 4.69) is 26.6 Å². The number of hydrogen-bond acceptors (Lipinski definition) is 6. The van der Waals surface area contributed by atoms with E-state index in [1.54, 1.807) is 19.9 Å². The van der Waals surface area contributed by atoms with Crippen molar-refractivity contribution in [3.8, 4) is 0 Å². The lowest BCUT2D eigenvalue weighted by molar-refractivity contribution is -0.144. The van der Waals surface area contributed by atoms with Crippen LogP contribution < -0.4 is 26.6 Å². The van der Waals surface area contributed by atoms with Gasteiger partial charge in [0.2, 0.25) is 17.7 Å². The van der Waals surface area contributed by atoms with Crippen LogP contribution in [0, 0.1) is 11.7 Å². The lowest BCUT2D eigenvalue weighted by Gasteiger charge is -2.26. The molecular formula is C34H41F4N5O6. The third-order valence-corrected chi connectivity index (χ3v) is 7.73. The Bertz CT molecular complexity index is 1520. The number of urea groups is 1. The molecule has 0 aliphatic carbocycles. The Labute approximate surface area is 281 Å². The second kappa shape index (κ2) is 18.0. The molecule has 11 nitrogen and oxygen atoms in total. The minimum atomic E-state index is -4.66. The first-order valence-corrected chi connectivity index (χ1v) is 15.8. The topological polar surface area (TPSA) is 155 Å². The zero-order valence-corrected chi connectivity index (χ0v) is 27.4. The highest BCUT2D eigenvalue weighted by atomic mass is 19.4. The van der Waals surface area contributed by atoms with E-state index in [9.17, 15) is 41.5 Å². The molecule has 1 aliphatic rings. The molecule has 266 valence electrons. The molecule has 0 saturated carbocycles. The van der Waals surface area contributed by atoms with E-state index in [4.69, 9.17) is 4.74 Å². The molecule has 49 heavy (non-hydrogen) atoms. The second-order valence-corrected chi connectivity index (χ2v) is 12.0. The van der Waals surface area contributed by atoms with Gasteiger partial charge in [0, 0.05) is 19.0 Å². The van der Waals surface area contributed by atoms with E-state index in [1.807, 2.05) is 0 Å². The van der Waals surface area contributed by atoms with Gasteiger partial charge in [0.25, 0.3) is 0 Å². The average molecular weight is 692 g/mol. The van der Waals surface area contributed by atoms with Crippen molar-refractivity contribution >= 4 is 29.7 Å². The van der Waals surface area contributed by atoms with E-state index < -0.39 is 71.5 Å². The summed E-state index contributed by atoms with van der Waals surface area (Å²) < 4.78 is 59.0. The highest BCUT2D eigenvalue weighted by Crippen LogP contribution is 2.29. The van der Waals surface area contributed by atoms with E-state index in [0.717, 1.165) is 19.2 Å². The van der Waals surface area contributed by atoms with Gasteiger partial charge < -0.3 is 31.3 Å². The summed E-state index contributed by atoms with van der Waals surface area (Å²) >= 11 is 0. The summed E-state index contributed by atoms with van der Waals surface area (Å²) in [5.41, 5.74) is -0.351. The van der Waals surface area contributed by atoms with Gasteiger partial charge in [-0.25, -0.2) is 14.0 Å².